The minimum Gasteiger partial charge on any atom is -0.397 e. The molecular formula is C9H14BN3O. The van der Waals surface area contributed by atoms with Crippen LogP contribution in [0.25, 0.3) is 0 Å². The predicted octanol–water partition coefficient (Wildman–Crippen LogP) is 0.392. The maximum absolute atomic E-state index is 5.78. The molecule has 0 bridgehead atoms. The van der Waals surface area contributed by atoms with Crippen LogP contribution in [0.5, 0.6) is 0 Å². The van der Waals surface area contributed by atoms with Crippen molar-refractivity contribution in [1.82, 2.24) is 0 Å². The van der Waals surface area contributed by atoms with Gasteiger partial charge in [-0.25, -0.2) is 5.84 Å². The fourth-order valence-electron chi connectivity index (χ4n) is 1.21. The van der Waals surface area contributed by atoms with E-state index in [1.807, 2.05) is 12.1 Å². The van der Waals surface area contributed by atoms with Crippen molar-refractivity contribution < 1.29 is 4.74 Å². The highest BCUT2D eigenvalue weighted by Crippen LogP contribution is 2.24. The summed E-state index contributed by atoms with van der Waals surface area (Å²) in [4.78, 5) is 0. The molecular weight excluding hydrogens is 177 g/mol. The molecule has 1 unspecified atom stereocenters. The van der Waals surface area contributed by atoms with Crippen LogP contribution in [0.4, 0.5) is 11.4 Å². The summed E-state index contributed by atoms with van der Waals surface area (Å²) in [7, 11) is 8.94. The Bertz CT molecular complexity index is 317. The molecule has 1 aromatic rings. The van der Waals surface area contributed by atoms with E-state index in [1.54, 1.807) is 20.2 Å². The Morgan fingerprint density at radius 2 is 2.14 bits per heavy atom. The van der Waals surface area contributed by atoms with Crippen LogP contribution in [0.2, 0.25) is 0 Å². The number of nitrogens with two attached hydrogens (primary N) is 2. The van der Waals surface area contributed by atoms with Crippen molar-refractivity contribution in [3.05, 3.63) is 23.8 Å². The highest BCUT2D eigenvalue weighted by molar-refractivity contribution is 6.11. The number of rotatable bonds is 3. The molecule has 74 valence electrons. The molecule has 0 fully saturated rings. The molecule has 0 aliphatic rings. The number of hydrogen-bond acceptors (Lipinski definition) is 4. The van der Waals surface area contributed by atoms with E-state index in [-0.39, 0.29) is 0 Å². The first-order valence-electron chi connectivity index (χ1n) is 4.22. The SMILES string of the molecule is [B]C(OC)c1ccc(N(C)N)c(N)c1. The largest absolute Gasteiger partial charge is 0.397 e. The molecule has 1 atom stereocenters. The minimum atomic E-state index is -0.450. The summed E-state index contributed by atoms with van der Waals surface area (Å²) in [5, 5.41) is 1.46. The number of anilines is 2. The third-order valence-corrected chi connectivity index (χ3v) is 2.01. The minimum absolute atomic E-state index is 0.450. The number of nitrogen functional groups attached to an aromatic ring is 1. The number of hydrazine groups is 1. The van der Waals surface area contributed by atoms with Crippen molar-refractivity contribution in [2.24, 2.45) is 5.84 Å². The van der Waals surface area contributed by atoms with Gasteiger partial charge in [0, 0.05) is 20.2 Å². The molecule has 14 heavy (non-hydrogen) atoms. The van der Waals surface area contributed by atoms with Crippen molar-refractivity contribution in [2.75, 3.05) is 24.9 Å². The molecule has 0 saturated heterocycles. The first-order valence-corrected chi connectivity index (χ1v) is 4.22. The fourth-order valence-corrected chi connectivity index (χ4v) is 1.21. The topological polar surface area (TPSA) is 64.5 Å². The van der Waals surface area contributed by atoms with Gasteiger partial charge in [-0.15, -0.1) is 0 Å². The number of methoxy groups -OCH3 is 1. The van der Waals surface area contributed by atoms with Gasteiger partial charge >= 0.3 is 0 Å². The van der Waals surface area contributed by atoms with Gasteiger partial charge in [-0.2, -0.15) is 0 Å². The lowest BCUT2D eigenvalue weighted by molar-refractivity contribution is 0.169. The Kier molecular flexibility index (Phi) is 3.38. The van der Waals surface area contributed by atoms with E-state index in [4.69, 9.17) is 24.2 Å². The summed E-state index contributed by atoms with van der Waals surface area (Å²) >= 11 is 0. The number of hydrogen-bond donors (Lipinski definition) is 2. The molecule has 4 nitrogen and oxygen atoms in total. The van der Waals surface area contributed by atoms with Crippen LogP contribution in [0.3, 0.4) is 0 Å². The van der Waals surface area contributed by atoms with Gasteiger partial charge in [0.05, 0.1) is 11.4 Å². The first kappa shape index (κ1) is 10.9. The molecule has 0 spiro atoms. The Morgan fingerprint density at radius 1 is 1.50 bits per heavy atom. The third-order valence-electron chi connectivity index (χ3n) is 2.01. The second-order valence-electron chi connectivity index (χ2n) is 3.09. The molecule has 0 heterocycles. The van der Waals surface area contributed by atoms with Gasteiger partial charge in [0.15, 0.2) is 0 Å². The van der Waals surface area contributed by atoms with Crippen LogP contribution in [0.15, 0.2) is 18.2 Å². The maximum Gasteiger partial charge on any atom is 0.115 e. The summed E-state index contributed by atoms with van der Waals surface area (Å²) < 4.78 is 4.97. The van der Waals surface area contributed by atoms with E-state index < -0.39 is 6.00 Å². The highest BCUT2D eigenvalue weighted by Gasteiger charge is 2.07. The Morgan fingerprint density at radius 3 is 2.57 bits per heavy atom. The smallest absolute Gasteiger partial charge is 0.115 e. The molecule has 4 N–H and O–H groups in total. The van der Waals surface area contributed by atoms with Gasteiger partial charge < -0.3 is 15.5 Å². The van der Waals surface area contributed by atoms with E-state index in [0.717, 1.165) is 11.3 Å². The predicted molar refractivity (Wildman–Crippen MR) is 58.9 cm³/mol. The normalized spacial score (nSPS) is 12.5. The zero-order valence-electron chi connectivity index (χ0n) is 8.40. The van der Waals surface area contributed by atoms with E-state index in [2.05, 4.69) is 0 Å². The molecule has 0 saturated carbocycles. The van der Waals surface area contributed by atoms with Crippen LogP contribution in [0, 0.1) is 0 Å². The standard InChI is InChI=1S/C9H14BN3O/c1-13(12)8-4-3-6(5-7(8)11)9(10)14-2/h3-5,9H,11-12H2,1-2H3. The summed E-state index contributed by atoms with van der Waals surface area (Å²) in [6.07, 6.45) is 0. The summed E-state index contributed by atoms with van der Waals surface area (Å²) in [6.45, 7) is 0. The van der Waals surface area contributed by atoms with Gasteiger partial charge in [0.25, 0.3) is 0 Å². The molecule has 0 amide bonds. The quantitative estimate of drug-likeness (QED) is 0.314. The average Bonchev–Trinajstić information content (AvgIpc) is 2.15. The van der Waals surface area contributed by atoms with Crippen molar-refractivity contribution in [1.29, 1.82) is 0 Å². The summed E-state index contributed by atoms with van der Waals surface area (Å²) in [5.41, 5.74) is 7.96. The van der Waals surface area contributed by atoms with Crippen molar-refractivity contribution in [2.45, 2.75) is 6.00 Å². The highest BCUT2D eigenvalue weighted by atomic mass is 16.5. The van der Waals surface area contributed by atoms with E-state index in [1.165, 1.54) is 5.01 Å². The molecule has 0 aliphatic heterocycles. The molecule has 0 aliphatic carbocycles. The van der Waals surface area contributed by atoms with Gasteiger partial charge in [-0.1, -0.05) is 6.07 Å². The Labute approximate surface area is 85.2 Å². The monoisotopic (exact) mass is 191 g/mol. The number of benzene rings is 1. The average molecular weight is 191 g/mol. The summed E-state index contributed by atoms with van der Waals surface area (Å²) in [5.74, 6) is 5.56. The molecule has 0 aromatic heterocycles. The lowest BCUT2D eigenvalue weighted by Gasteiger charge is -2.17. The lowest BCUT2D eigenvalue weighted by Crippen LogP contribution is -2.26. The Balaban J connectivity index is 3.00. The van der Waals surface area contributed by atoms with Crippen LogP contribution < -0.4 is 16.6 Å². The number of ether oxygens (including phenoxy) is 1. The number of nitrogens with zero attached hydrogens (tertiary/aromatic N) is 1. The summed E-state index contributed by atoms with van der Waals surface area (Å²) in [6, 6.07) is 4.95. The Hall–Kier alpha value is -1.20. The molecule has 1 aromatic carbocycles. The lowest BCUT2D eigenvalue weighted by atomic mass is 9.91. The van der Waals surface area contributed by atoms with Gasteiger partial charge in [-0.3, -0.25) is 0 Å². The zero-order valence-corrected chi connectivity index (χ0v) is 8.40. The van der Waals surface area contributed by atoms with Crippen LogP contribution in [-0.2, 0) is 4.74 Å². The maximum atomic E-state index is 5.78. The zero-order chi connectivity index (χ0) is 10.7. The van der Waals surface area contributed by atoms with E-state index >= 15 is 0 Å². The van der Waals surface area contributed by atoms with Crippen molar-refractivity contribution in [3.63, 3.8) is 0 Å². The second kappa shape index (κ2) is 4.35. The van der Waals surface area contributed by atoms with Gasteiger partial charge in [-0.05, 0) is 17.7 Å². The molecule has 2 radical (unpaired) electrons. The first-order chi connectivity index (χ1) is 6.56. The molecule has 1 rings (SSSR count). The van der Waals surface area contributed by atoms with Crippen LogP contribution in [-0.4, -0.2) is 22.0 Å². The van der Waals surface area contributed by atoms with Crippen LogP contribution >= 0.6 is 0 Å². The van der Waals surface area contributed by atoms with E-state index in [9.17, 15) is 0 Å². The van der Waals surface area contributed by atoms with Crippen LogP contribution in [0.1, 0.15) is 11.6 Å². The third kappa shape index (κ3) is 2.18. The molecule has 5 heteroatoms. The fraction of sp³-hybridized carbons (Fsp3) is 0.333. The van der Waals surface area contributed by atoms with E-state index in [0.29, 0.717) is 5.69 Å². The second-order valence-corrected chi connectivity index (χ2v) is 3.09. The van der Waals surface area contributed by atoms with Gasteiger partial charge in [0.1, 0.15) is 7.85 Å². The van der Waals surface area contributed by atoms with Gasteiger partial charge in [0.2, 0.25) is 0 Å². The van der Waals surface area contributed by atoms with Crippen molar-refractivity contribution in [3.8, 4) is 0 Å². The van der Waals surface area contributed by atoms with Crippen molar-refractivity contribution >= 4 is 19.2 Å².